The van der Waals surface area contributed by atoms with Crippen molar-refractivity contribution < 1.29 is 13.6 Å². The van der Waals surface area contributed by atoms with Crippen LogP contribution in [0.15, 0.2) is 65.8 Å². The monoisotopic (exact) mass is 444 g/mol. The van der Waals surface area contributed by atoms with Crippen LogP contribution in [0.4, 0.5) is 13.9 Å². The first kappa shape index (κ1) is 20.5. The van der Waals surface area contributed by atoms with Crippen molar-refractivity contribution in [2.75, 3.05) is 17.2 Å². The molecular weight excluding hydrogens is 426 g/mol. The number of hydrogen-bond donors (Lipinski definition) is 0. The maximum absolute atomic E-state index is 14.1. The van der Waals surface area contributed by atoms with E-state index in [1.165, 1.54) is 41.3 Å². The predicted molar refractivity (Wildman–Crippen MR) is 116 cm³/mol. The van der Waals surface area contributed by atoms with E-state index in [4.69, 9.17) is 0 Å². The summed E-state index contributed by atoms with van der Waals surface area (Å²) < 4.78 is 29.6. The highest BCUT2D eigenvalue weighted by molar-refractivity contribution is 7.99. The number of amides is 1. The van der Waals surface area contributed by atoms with Crippen LogP contribution < -0.4 is 4.90 Å². The molecule has 2 aromatic heterocycles. The zero-order valence-electron chi connectivity index (χ0n) is 15.9. The van der Waals surface area contributed by atoms with Crippen LogP contribution in [-0.2, 0) is 11.3 Å². The highest BCUT2D eigenvalue weighted by Crippen LogP contribution is 2.31. The molecule has 0 aliphatic carbocycles. The van der Waals surface area contributed by atoms with E-state index in [2.05, 4.69) is 10.1 Å². The van der Waals surface area contributed by atoms with Gasteiger partial charge in [0.25, 0.3) is 0 Å². The average molecular weight is 445 g/mol. The fraction of sp³-hybridized carbons (Fsp3) is 0.190. The van der Waals surface area contributed by atoms with E-state index in [9.17, 15) is 13.6 Å². The molecule has 0 radical (unpaired) electrons. The number of carbonyl (C=O) groups is 1. The third-order valence-electron chi connectivity index (χ3n) is 4.40. The van der Waals surface area contributed by atoms with E-state index in [-0.39, 0.29) is 23.7 Å². The summed E-state index contributed by atoms with van der Waals surface area (Å²) in [5, 5.41) is 4.65. The molecule has 0 spiro atoms. The maximum atomic E-state index is 14.1. The van der Waals surface area contributed by atoms with Crippen molar-refractivity contribution in [2.24, 2.45) is 0 Å². The van der Waals surface area contributed by atoms with Gasteiger partial charge in [-0.15, -0.1) is 11.8 Å². The fourth-order valence-corrected chi connectivity index (χ4v) is 4.77. The van der Waals surface area contributed by atoms with E-state index in [1.807, 2.05) is 12.3 Å². The second-order valence-electron chi connectivity index (χ2n) is 6.45. The van der Waals surface area contributed by atoms with E-state index >= 15 is 0 Å². The molecule has 2 aromatic carbocycles. The van der Waals surface area contributed by atoms with Crippen molar-refractivity contribution in [2.45, 2.75) is 17.9 Å². The zero-order valence-corrected chi connectivity index (χ0v) is 17.5. The molecule has 0 fully saturated rings. The van der Waals surface area contributed by atoms with Crippen molar-refractivity contribution in [1.82, 2.24) is 14.8 Å². The normalized spacial score (nSPS) is 11.1. The first-order valence-electron chi connectivity index (χ1n) is 9.31. The Labute approximate surface area is 180 Å². The Kier molecular flexibility index (Phi) is 6.39. The van der Waals surface area contributed by atoms with Gasteiger partial charge in [0.05, 0.1) is 11.2 Å². The molecule has 0 saturated heterocycles. The van der Waals surface area contributed by atoms with Gasteiger partial charge in [0.2, 0.25) is 5.91 Å². The molecular formula is C21H18F2N4OS2. The van der Waals surface area contributed by atoms with Gasteiger partial charge >= 0.3 is 0 Å². The van der Waals surface area contributed by atoms with Crippen molar-refractivity contribution in [3.8, 4) is 0 Å². The van der Waals surface area contributed by atoms with E-state index in [0.29, 0.717) is 28.7 Å². The number of halogens is 2. The van der Waals surface area contributed by atoms with Gasteiger partial charge in [-0.1, -0.05) is 17.4 Å². The molecule has 0 aliphatic heterocycles. The van der Waals surface area contributed by atoms with E-state index in [1.54, 1.807) is 40.0 Å². The van der Waals surface area contributed by atoms with Crippen LogP contribution >= 0.6 is 23.1 Å². The number of nitrogens with zero attached hydrogens (tertiary/aromatic N) is 4. The summed E-state index contributed by atoms with van der Waals surface area (Å²) in [6, 6.07) is 12.8. The lowest BCUT2D eigenvalue weighted by Gasteiger charge is -2.20. The Morgan fingerprint density at radius 3 is 2.70 bits per heavy atom. The van der Waals surface area contributed by atoms with Gasteiger partial charge in [-0.25, -0.2) is 13.8 Å². The third-order valence-corrected chi connectivity index (χ3v) is 6.46. The molecule has 4 aromatic rings. The van der Waals surface area contributed by atoms with Crippen LogP contribution in [0.5, 0.6) is 0 Å². The quantitative estimate of drug-likeness (QED) is 0.360. The molecule has 154 valence electrons. The molecule has 5 nitrogen and oxygen atoms in total. The first-order valence-corrected chi connectivity index (χ1v) is 11.1. The Hall–Kier alpha value is -2.78. The minimum absolute atomic E-state index is 0.101. The average Bonchev–Trinajstić information content (AvgIpc) is 3.40. The van der Waals surface area contributed by atoms with Gasteiger partial charge in [-0.2, -0.15) is 5.10 Å². The number of hydrogen-bond acceptors (Lipinski definition) is 5. The summed E-state index contributed by atoms with van der Waals surface area (Å²) in [6.45, 7) is 0.880. The van der Waals surface area contributed by atoms with Crippen LogP contribution in [0.25, 0.3) is 10.2 Å². The van der Waals surface area contributed by atoms with E-state index in [0.717, 1.165) is 4.90 Å². The Balaban J connectivity index is 1.48. The van der Waals surface area contributed by atoms with Crippen LogP contribution in [0.1, 0.15) is 6.42 Å². The molecule has 9 heteroatoms. The predicted octanol–water partition coefficient (Wildman–Crippen LogP) is 4.99. The topological polar surface area (TPSA) is 51.0 Å². The molecule has 0 unspecified atom stereocenters. The summed E-state index contributed by atoms with van der Waals surface area (Å²) in [5.41, 5.74) is 0.273. The van der Waals surface area contributed by atoms with Gasteiger partial charge in [-0.05, 0) is 42.5 Å². The van der Waals surface area contributed by atoms with Crippen LogP contribution in [0, 0.1) is 11.6 Å². The summed E-state index contributed by atoms with van der Waals surface area (Å²) >= 11 is 2.78. The number of carbonyl (C=O) groups excluding carboxylic acids is 1. The summed E-state index contributed by atoms with van der Waals surface area (Å²) in [7, 11) is 0. The van der Waals surface area contributed by atoms with Crippen LogP contribution in [0.3, 0.4) is 0 Å². The molecule has 0 N–H and O–H groups in total. The Morgan fingerprint density at radius 1 is 1.13 bits per heavy atom. The number of benzene rings is 2. The fourth-order valence-electron chi connectivity index (χ4n) is 2.90. The van der Waals surface area contributed by atoms with Gasteiger partial charge in [-0.3, -0.25) is 14.4 Å². The number of rotatable bonds is 8. The molecule has 2 heterocycles. The summed E-state index contributed by atoms with van der Waals surface area (Å²) in [5.74, 6) is -0.247. The van der Waals surface area contributed by atoms with Crippen LogP contribution in [-0.4, -0.2) is 33.0 Å². The lowest BCUT2D eigenvalue weighted by molar-refractivity contribution is -0.118. The lowest BCUT2D eigenvalue weighted by Crippen LogP contribution is -2.34. The van der Waals surface area contributed by atoms with Crippen molar-refractivity contribution >= 4 is 44.4 Å². The number of fused-ring (bicyclic) bond motifs is 1. The molecule has 0 bridgehead atoms. The maximum Gasteiger partial charge on any atom is 0.229 e. The number of thiazole rings is 1. The number of aromatic nitrogens is 3. The number of anilines is 1. The minimum Gasteiger partial charge on any atom is -0.286 e. The van der Waals surface area contributed by atoms with Crippen LogP contribution in [0.2, 0.25) is 0 Å². The standard InChI is InChI=1S/C21H18F2N4OS2/c22-15-5-7-16(8-6-15)29-14-9-19(28)27(13-12-26-11-2-10-24-26)21-25-20-17(23)3-1-4-18(20)30-21/h1-8,10-11H,9,12-14H2. The largest absolute Gasteiger partial charge is 0.286 e. The van der Waals surface area contributed by atoms with Crippen molar-refractivity contribution in [3.63, 3.8) is 0 Å². The Morgan fingerprint density at radius 2 is 1.97 bits per heavy atom. The van der Waals surface area contributed by atoms with Gasteiger partial charge in [0.15, 0.2) is 5.13 Å². The molecule has 0 atom stereocenters. The molecule has 0 aliphatic rings. The van der Waals surface area contributed by atoms with Gasteiger partial charge in [0.1, 0.15) is 17.2 Å². The van der Waals surface area contributed by atoms with Gasteiger partial charge in [0, 0.05) is 36.0 Å². The highest BCUT2D eigenvalue weighted by atomic mass is 32.2. The molecule has 0 saturated carbocycles. The van der Waals surface area contributed by atoms with E-state index < -0.39 is 5.82 Å². The van der Waals surface area contributed by atoms with Crippen molar-refractivity contribution in [1.29, 1.82) is 0 Å². The Bertz CT molecular complexity index is 1130. The summed E-state index contributed by atoms with van der Waals surface area (Å²) in [4.78, 5) is 19.9. The SMILES string of the molecule is O=C(CCSc1ccc(F)cc1)N(CCn1cccn1)c1nc2c(F)cccc2s1. The highest BCUT2D eigenvalue weighted by Gasteiger charge is 2.20. The summed E-state index contributed by atoms with van der Waals surface area (Å²) in [6.07, 6.45) is 3.78. The van der Waals surface area contributed by atoms with Gasteiger partial charge < -0.3 is 0 Å². The molecule has 30 heavy (non-hydrogen) atoms. The second-order valence-corrected chi connectivity index (χ2v) is 8.63. The second kappa shape index (κ2) is 9.36. The lowest BCUT2D eigenvalue weighted by atomic mass is 10.3. The molecule has 1 amide bonds. The third kappa shape index (κ3) is 4.85. The molecule has 4 rings (SSSR count). The number of para-hydroxylation sites is 1. The smallest absolute Gasteiger partial charge is 0.229 e. The van der Waals surface area contributed by atoms with Crippen molar-refractivity contribution in [3.05, 3.63) is 72.6 Å². The zero-order chi connectivity index (χ0) is 20.9. The number of thioether (sulfide) groups is 1. The first-order chi connectivity index (χ1) is 14.6. The minimum atomic E-state index is -0.402.